The van der Waals surface area contributed by atoms with E-state index in [0.29, 0.717) is 0 Å². The van der Waals surface area contributed by atoms with Crippen molar-refractivity contribution < 1.29 is 5.11 Å². The Bertz CT molecular complexity index is 675. The Kier molecular flexibility index (Phi) is 3.15. The van der Waals surface area contributed by atoms with Crippen LogP contribution in [0.4, 0.5) is 0 Å². The molecule has 3 aromatic rings. The topological polar surface area (TPSA) is 50.9 Å². The van der Waals surface area contributed by atoms with Gasteiger partial charge in [0.05, 0.1) is 0 Å². The molecule has 0 bridgehead atoms. The SMILES string of the molecule is Cc1nccn1-c1nscc1C(O)c1ccccc1. The third-order valence-corrected chi connectivity index (χ3v) is 3.68. The fourth-order valence-electron chi connectivity index (χ4n) is 2.02. The molecular formula is C14H13N3OS. The lowest BCUT2D eigenvalue weighted by Gasteiger charge is -2.12. The number of rotatable bonds is 3. The zero-order valence-electron chi connectivity index (χ0n) is 10.4. The minimum atomic E-state index is -0.670. The van der Waals surface area contributed by atoms with Gasteiger partial charge in [-0.05, 0) is 24.0 Å². The van der Waals surface area contributed by atoms with Gasteiger partial charge < -0.3 is 5.11 Å². The van der Waals surface area contributed by atoms with E-state index in [0.717, 1.165) is 22.8 Å². The van der Waals surface area contributed by atoms with E-state index < -0.39 is 6.10 Å². The van der Waals surface area contributed by atoms with Crippen LogP contribution in [0.15, 0.2) is 48.1 Å². The molecule has 1 N–H and O–H groups in total. The third-order valence-electron chi connectivity index (χ3n) is 3.04. The summed E-state index contributed by atoms with van der Waals surface area (Å²) in [7, 11) is 0. The lowest BCUT2D eigenvalue weighted by atomic mass is 10.0. The Morgan fingerprint density at radius 1 is 1.26 bits per heavy atom. The Labute approximate surface area is 115 Å². The molecule has 1 aromatic carbocycles. The number of aromatic nitrogens is 3. The van der Waals surface area contributed by atoms with Crippen molar-refractivity contribution in [2.24, 2.45) is 0 Å². The van der Waals surface area contributed by atoms with E-state index in [4.69, 9.17) is 0 Å². The quantitative estimate of drug-likeness (QED) is 0.797. The van der Waals surface area contributed by atoms with Crippen LogP contribution in [0.2, 0.25) is 0 Å². The van der Waals surface area contributed by atoms with Gasteiger partial charge in [-0.15, -0.1) is 0 Å². The second kappa shape index (κ2) is 4.95. The summed E-state index contributed by atoms with van der Waals surface area (Å²) in [5.41, 5.74) is 1.67. The maximum atomic E-state index is 10.5. The van der Waals surface area contributed by atoms with Gasteiger partial charge in [-0.1, -0.05) is 30.3 Å². The predicted molar refractivity (Wildman–Crippen MR) is 74.5 cm³/mol. The fraction of sp³-hybridized carbons (Fsp3) is 0.143. The van der Waals surface area contributed by atoms with Crippen molar-refractivity contribution in [1.82, 2.24) is 13.9 Å². The smallest absolute Gasteiger partial charge is 0.157 e. The first-order valence-electron chi connectivity index (χ1n) is 5.95. The molecule has 4 nitrogen and oxygen atoms in total. The van der Waals surface area contributed by atoms with Crippen molar-refractivity contribution in [2.75, 3.05) is 0 Å². The van der Waals surface area contributed by atoms with Gasteiger partial charge in [-0.2, -0.15) is 4.37 Å². The Morgan fingerprint density at radius 2 is 2.05 bits per heavy atom. The summed E-state index contributed by atoms with van der Waals surface area (Å²) >= 11 is 1.34. The lowest BCUT2D eigenvalue weighted by Crippen LogP contribution is -2.05. The molecule has 96 valence electrons. The Morgan fingerprint density at radius 3 is 2.74 bits per heavy atom. The molecule has 19 heavy (non-hydrogen) atoms. The summed E-state index contributed by atoms with van der Waals surface area (Å²) in [4.78, 5) is 4.19. The highest BCUT2D eigenvalue weighted by Crippen LogP contribution is 2.28. The van der Waals surface area contributed by atoms with E-state index in [2.05, 4.69) is 9.36 Å². The van der Waals surface area contributed by atoms with Crippen molar-refractivity contribution in [3.05, 3.63) is 65.1 Å². The minimum Gasteiger partial charge on any atom is -0.383 e. The Hall–Kier alpha value is -1.98. The normalized spacial score (nSPS) is 12.5. The summed E-state index contributed by atoms with van der Waals surface area (Å²) in [6, 6.07) is 9.59. The molecule has 3 rings (SSSR count). The number of aliphatic hydroxyl groups is 1. The van der Waals surface area contributed by atoms with Crippen LogP contribution in [0.25, 0.3) is 5.82 Å². The van der Waals surface area contributed by atoms with E-state index >= 15 is 0 Å². The van der Waals surface area contributed by atoms with Crippen LogP contribution in [-0.4, -0.2) is 19.0 Å². The molecule has 2 aromatic heterocycles. The average Bonchev–Trinajstić information content (AvgIpc) is 3.07. The standard InChI is InChI=1S/C14H13N3OS/c1-10-15-7-8-17(10)14-12(9-19-16-14)13(18)11-5-3-2-4-6-11/h2-9,13,18H,1H3. The first-order valence-corrected chi connectivity index (χ1v) is 6.78. The number of aliphatic hydroxyl groups excluding tert-OH is 1. The molecule has 5 heteroatoms. The highest BCUT2D eigenvalue weighted by Gasteiger charge is 2.18. The van der Waals surface area contributed by atoms with E-state index in [9.17, 15) is 5.11 Å². The second-order valence-electron chi connectivity index (χ2n) is 4.25. The van der Waals surface area contributed by atoms with Crippen LogP contribution in [0.3, 0.4) is 0 Å². The second-order valence-corrected chi connectivity index (χ2v) is 4.88. The van der Waals surface area contributed by atoms with E-state index in [1.807, 2.05) is 53.4 Å². The lowest BCUT2D eigenvalue weighted by molar-refractivity contribution is 0.220. The largest absolute Gasteiger partial charge is 0.383 e. The maximum absolute atomic E-state index is 10.5. The molecule has 0 saturated heterocycles. The van der Waals surface area contributed by atoms with Crippen molar-refractivity contribution >= 4 is 11.5 Å². The summed E-state index contributed by atoms with van der Waals surface area (Å²) in [5, 5.41) is 12.4. The molecule has 0 aliphatic rings. The van der Waals surface area contributed by atoms with Gasteiger partial charge in [0.1, 0.15) is 11.9 Å². The van der Waals surface area contributed by atoms with Gasteiger partial charge in [0, 0.05) is 23.3 Å². The van der Waals surface area contributed by atoms with Crippen molar-refractivity contribution in [3.8, 4) is 5.82 Å². The first kappa shape index (κ1) is 12.1. The van der Waals surface area contributed by atoms with Crippen molar-refractivity contribution in [3.63, 3.8) is 0 Å². The summed E-state index contributed by atoms with van der Waals surface area (Å²) in [5.74, 6) is 1.60. The number of benzene rings is 1. The van der Waals surface area contributed by atoms with E-state index in [1.165, 1.54) is 11.5 Å². The highest BCUT2D eigenvalue weighted by atomic mass is 32.1. The van der Waals surface area contributed by atoms with Gasteiger partial charge in [-0.3, -0.25) is 4.57 Å². The highest BCUT2D eigenvalue weighted by molar-refractivity contribution is 7.03. The number of hydrogen-bond donors (Lipinski definition) is 1. The van der Waals surface area contributed by atoms with Crippen LogP contribution in [0, 0.1) is 6.92 Å². The summed E-state index contributed by atoms with van der Waals surface area (Å²) in [6.07, 6.45) is 2.91. The molecule has 2 heterocycles. The van der Waals surface area contributed by atoms with Gasteiger partial charge in [0.15, 0.2) is 5.82 Å². The van der Waals surface area contributed by atoms with Crippen LogP contribution in [0.1, 0.15) is 23.1 Å². The summed E-state index contributed by atoms with van der Waals surface area (Å²) < 4.78 is 6.26. The first-order chi connectivity index (χ1) is 9.27. The van der Waals surface area contributed by atoms with Crippen molar-refractivity contribution in [1.29, 1.82) is 0 Å². The van der Waals surface area contributed by atoms with Crippen LogP contribution in [0.5, 0.6) is 0 Å². The molecule has 0 aliphatic carbocycles. The molecule has 0 saturated carbocycles. The van der Waals surface area contributed by atoms with Gasteiger partial charge >= 0.3 is 0 Å². The molecule has 0 aliphatic heterocycles. The monoisotopic (exact) mass is 271 g/mol. The molecule has 1 unspecified atom stereocenters. The van der Waals surface area contributed by atoms with E-state index in [-0.39, 0.29) is 0 Å². The van der Waals surface area contributed by atoms with Gasteiger partial charge in [0.25, 0.3) is 0 Å². The Balaban J connectivity index is 2.04. The third kappa shape index (κ3) is 2.18. The summed E-state index contributed by atoms with van der Waals surface area (Å²) in [6.45, 7) is 1.91. The van der Waals surface area contributed by atoms with Crippen LogP contribution >= 0.6 is 11.5 Å². The van der Waals surface area contributed by atoms with Crippen molar-refractivity contribution in [2.45, 2.75) is 13.0 Å². The maximum Gasteiger partial charge on any atom is 0.157 e. The number of aryl methyl sites for hydroxylation is 1. The van der Waals surface area contributed by atoms with Gasteiger partial charge in [0.2, 0.25) is 0 Å². The minimum absolute atomic E-state index is 0.670. The molecule has 0 radical (unpaired) electrons. The molecule has 1 atom stereocenters. The number of imidazole rings is 1. The zero-order chi connectivity index (χ0) is 13.2. The zero-order valence-corrected chi connectivity index (χ0v) is 11.2. The van der Waals surface area contributed by atoms with Gasteiger partial charge in [-0.25, -0.2) is 4.98 Å². The van der Waals surface area contributed by atoms with E-state index in [1.54, 1.807) is 6.20 Å². The van der Waals surface area contributed by atoms with Crippen LogP contribution in [-0.2, 0) is 0 Å². The fourth-order valence-corrected chi connectivity index (χ4v) is 2.72. The predicted octanol–water partition coefficient (Wildman–Crippen LogP) is 2.72. The number of hydrogen-bond acceptors (Lipinski definition) is 4. The molecule has 0 fully saturated rings. The average molecular weight is 271 g/mol. The molecular weight excluding hydrogens is 258 g/mol. The van der Waals surface area contributed by atoms with Crippen LogP contribution < -0.4 is 0 Å². The molecule has 0 amide bonds. The molecule has 0 spiro atoms. The number of nitrogens with zero attached hydrogens (tertiary/aromatic N) is 3.